The molecule has 2 heterocycles. The number of unbranched alkanes of at least 4 members (excludes halogenated alkanes) is 1. The molecule has 1 fully saturated rings. The molecule has 30 heavy (non-hydrogen) atoms. The van der Waals surface area contributed by atoms with E-state index in [2.05, 4.69) is 40.7 Å². The van der Waals surface area contributed by atoms with Crippen molar-refractivity contribution in [2.75, 3.05) is 40.0 Å². The summed E-state index contributed by atoms with van der Waals surface area (Å²) in [5, 5.41) is 0. The predicted octanol–water partition coefficient (Wildman–Crippen LogP) is 4.30. The van der Waals surface area contributed by atoms with Crippen molar-refractivity contribution >= 4 is 11.0 Å². The Labute approximate surface area is 178 Å². The van der Waals surface area contributed by atoms with Crippen molar-refractivity contribution in [1.29, 1.82) is 0 Å². The van der Waals surface area contributed by atoms with E-state index in [-0.39, 0.29) is 6.04 Å². The Bertz CT molecular complexity index is 950. The zero-order valence-electron chi connectivity index (χ0n) is 17.9. The summed E-state index contributed by atoms with van der Waals surface area (Å²) in [4.78, 5) is 7.45. The minimum absolute atomic E-state index is 0.273. The summed E-state index contributed by atoms with van der Waals surface area (Å²) in [6.45, 7) is 7.39. The molecule has 1 aromatic heterocycles. The van der Waals surface area contributed by atoms with Crippen LogP contribution in [0.3, 0.4) is 0 Å². The standard InChI is InChI=1S/C24H31N3O3/c1-19(26-13-16-29-17-14-26)24-25-22-10-3-4-11-23(22)27(24)12-5-6-15-30-21-9-7-8-20(18-21)28-2/h3-4,7-11,18-19H,5-6,12-17H2,1-2H3. The molecule has 2 aromatic carbocycles. The van der Waals surface area contributed by atoms with E-state index in [1.165, 1.54) is 5.52 Å². The maximum Gasteiger partial charge on any atom is 0.127 e. The van der Waals surface area contributed by atoms with Crippen molar-refractivity contribution in [1.82, 2.24) is 14.5 Å². The second-order valence-corrected chi connectivity index (χ2v) is 7.67. The highest BCUT2D eigenvalue weighted by atomic mass is 16.5. The number of aryl methyl sites for hydroxylation is 1. The van der Waals surface area contributed by atoms with Gasteiger partial charge in [0.25, 0.3) is 0 Å². The molecule has 1 unspecified atom stereocenters. The number of morpholine rings is 1. The largest absolute Gasteiger partial charge is 0.497 e. The van der Waals surface area contributed by atoms with Gasteiger partial charge in [0.2, 0.25) is 0 Å². The summed E-state index contributed by atoms with van der Waals surface area (Å²) in [7, 11) is 1.67. The summed E-state index contributed by atoms with van der Waals surface area (Å²) < 4.78 is 19.1. The first kappa shape index (κ1) is 20.7. The molecule has 0 radical (unpaired) electrons. The molecule has 4 rings (SSSR count). The maximum atomic E-state index is 5.90. The van der Waals surface area contributed by atoms with Gasteiger partial charge in [-0.2, -0.15) is 0 Å². The average Bonchev–Trinajstić information content (AvgIpc) is 3.17. The van der Waals surface area contributed by atoms with Crippen LogP contribution in [0.1, 0.15) is 31.6 Å². The monoisotopic (exact) mass is 409 g/mol. The number of aromatic nitrogens is 2. The molecule has 0 amide bonds. The van der Waals surface area contributed by atoms with Gasteiger partial charge in [0.1, 0.15) is 17.3 Å². The van der Waals surface area contributed by atoms with Crippen LogP contribution in [0.4, 0.5) is 0 Å². The van der Waals surface area contributed by atoms with Crippen molar-refractivity contribution in [2.45, 2.75) is 32.4 Å². The number of fused-ring (bicyclic) bond motifs is 1. The molecule has 6 heteroatoms. The van der Waals surface area contributed by atoms with E-state index in [0.29, 0.717) is 6.61 Å². The molecule has 3 aromatic rings. The van der Waals surface area contributed by atoms with Gasteiger partial charge in [-0.3, -0.25) is 4.90 Å². The minimum Gasteiger partial charge on any atom is -0.497 e. The third-order valence-electron chi connectivity index (χ3n) is 5.74. The Morgan fingerprint density at radius 3 is 2.67 bits per heavy atom. The van der Waals surface area contributed by atoms with Crippen LogP contribution in [0.15, 0.2) is 48.5 Å². The first-order valence-corrected chi connectivity index (χ1v) is 10.8. The topological polar surface area (TPSA) is 48.8 Å². The van der Waals surface area contributed by atoms with Crippen molar-refractivity contribution in [2.24, 2.45) is 0 Å². The van der Waals surface area contributed by atoms with Crippen molar-refractivity contribution in [3.63, 3.8) is 0 Å². The molecule has 0 aliphatic carbocycles. The van der Waals surface area contributed by atoms with Crippen molar-refractivity contribution in [3.05, 3.63) is 54.4 Å². The summed E-state index contributed by atoms with van der Waals surface area (Å²) in [5.74, 6) is 2.81. The molecule has 160 valence electrons. The summed E-state index contributed by atoms with van der Waals surface area (Å²) in [5.41, 5.74) is 2.28. The normalized spacial score (nSPS) is 15.9. The first-order chi connectivity index (χ1) is 14.8. The summed E-state index contributed by atoms with van der Waals surface area (Å²) in [6, 6.07) is 16.5. The molecule has 6 nitrogen and oxygen atoms in total. The molecule has 0 saturated carbocycles. The van der Waals surface area contributed by atoms with E-state index < -0.39 is 0 Å². The summed E-state index contributed by atoms with van der Waals surface area (Å²) >= 11 is 0. The molecule has 1 saturated heterocycles. The first-order valence-electron chi connectivity index (χ1n) is 10.8. The van der Waals surface area contributed by atoms with Gasteiger partial charge >= 0.3 is 0 Å². The molecule has 0 bridgehead atoms. The highest BCUT2D eigenvalue weighted by molar-refractivity contribution is 5.76. The lowest BCUT2D eigenvalue weighted by Crippen LogP contribution is -2.39. The Kier molecular flexibility index (Phi) is 6.87. The SMILES string of the molecule is COc1cccc(OCCCCn2c(C(C)N3CCOCC3)nc3ccccc32)c1. The van der Waals surface area contributed by atoms with Crippen LogP contribution in [0.2, 0.25) is 0 Å². The Balaban J connectivity index is 1.40. The Morgan fingerprint density at radius 2 is 1.83 bits per heavy atom. The van der Waals surface area contributed by atoms with Gasteiger partial charge in [-0.1, -0.05) is 18.2 Å². The molecule has 1 aliphatic rings. The number of hydrogen-bond acceptors (Lipinski definition) is 5. The number of nitrogens with zero attached hydrogens (tertiary/aromatic N) is 3. The molecular formula is C24H31N3O3. The predicted molar refractivity (Wildman–Crippen MR) is 118 cm³/mol. The average molecular weight is 410 g/mol. The van der Waals surface area contributed by atoms with Crippen molar-refractivity contribution < 1.29 is 14.2 Å². The van der Waals surface area contributed by atoms with E-state index >= 15 is 0 Å². The van der Waals surface area contributed by atoms with Gasteiger partial charge in [0.15, 0.2) is 0 Å². The van der Waals surface area contributed by atoms with Crippen LogP contribution in [0.5, 0.6) is 11.5 Å². The second-order valence-electron chi connectivity index (χ2n) is 7.67. The number of benzene rings is 2. The van der Waals surface area contributed by atoms with E-state index in [1.54, 1.807) is 7.11 Å². The zero-order chi connectivity index (χ0) is 20.8. The molecule has 0 N–H and O–H groups in total. The van der Waals surface area contributed by atoms with Gasteiger partial charge < -0.3 is 18.8 Å². The number of imidazole rings is 1. The highest BCUT2D eigenvalue weighted by Crippen LogP contribution is 2.26. The lowest BCUT2D eigenvalue weighted by Gasteiger charge is -2.32. The summed E-state index contributed by atoms with van der Waals surface area (Å²) in [6.07, 6.45) is 2.02. The minimum atomic E-state index is 0.273. The fourth-order valence-electron chi connectivity index (χ4n) is 4.03. The second kappa shape index (κ2) is 9.96. The number of rotatable bonds is 9. The quantitative estimate of drug-likeness (QED) is 0.493. The molecular weight excluding hydrogens is 378 g/mol. The van der Waals surface area contributed by atoms with Crippen LogP contribution in [0.25, 0.3) is 11.0 Å². The smallest absolute Gasteiger partial charge is 0.127 e. The van der Waals surface area contributed by atoms with Gasteiger partial charge in [-0.25, -0.2) is 4.98 Å². The van der Waals surface area contributed by atoms with Gasteiger partial charge in [0.05, 0.1) is 44.0 Å². The third kappa shape index (κ3) is 4.77. The van der Waals surface area contributed by atoms with E-state index in [9.17, 15) is 0 Å². The lowest BCUT2D eigenvalue weighted by molar-refractivity contribution is 0.0176. The van der Waals surface area contributed by atoms with Crippen LogP contribution in [0, 0.1) is 0 Å². The zero-order valence-corrected chi connectivity index (χ0v) is 17.9. The van der Waals surface area contributed by atoms with Gasteiger partial charge in [0, 0.05) is 25.7 Å². The fourth-order valence-corrected chi connectivity index (χ4v) is 4.03. The van der Waals surface area contributed by atoms with Crippen LogP contribution < -0.4 is 9.47 Å². The number of methoxy groups -OCH3 is 1. The van der Waals surface area contributed by atoms with Crippen LogP contribution >= 0.6 is 0 Å². The highest BCUT2D eigenvalue weighted by Gasteiger charge is 2.23. The number of hydrogen-bond donors (Lipinski definition) is 0. The number of ether oxygens (including phenoxy) is 3. The van der Waals surface area contributed by atoms with Gasteiger partial charge in [-0.05, 0) is 44.0 Å². The van der Waals surface area contributed by atoms with Crippen LogP contribution in [-0.4, -0.2) is 54.5 Å². The van der Waals surface area contributed by atoms with E-state index in [4.69, 9.17) is 19.2 Å². The number of para-hydroxylation sites is 2. The Morgan fingerprint density at radius 1 is 1.03 bits per heavy atom. The van der Waals surface area contributed by atoms with E-state index in [1.807, 2.05) is 24.3 Å². The van der Waals surface area contributed by atoms with Crippen LogP contribution in [-0.2, 0) is 11.3 Å². The molecule has 0 spiro atoms. The van der Waals surface area contributed by atoms with Crippen molar-refractivity contribution in [3.8, 4) is 11.5 Å². The molecule has 1 aliphatic heterocycles. The fraction of sp³-hybridized carbons (Fsp3) is 0.458. The maximum absolute atomic E-state index is 5.90. The molecule has 1 atom stereocenters. The van der Waals surface area contributed by atoms with E-state index in [0.717, 1.165) is 68.5 Å². The van der Waals surface area contributed by atoms with Gasteiger partial charge in [-0.15, -0.1) is 0 Å². The lowest BCUT2D eigenvalue weighted by atomic mass is 10.2. The Hall–Kier alpha value is -2.57. The third-order valence-corrected chi connectivity index (χ3v) is 5.74.